The van der Waals surface area contributed by atoms with Gasteiger partial charge in [0.2, 0.25) is 5.95 Å². The van der Waals surface area contributed by atoms with Crippen LogP contribution < -0.4 is 11.1 Å². The first kappa shape index (κ1) is 14.9. The van der Waals surface area contributed by atoms with Gasteiger partial charge in [-0.1, -0.05) is 24.4 Å². The van der Waals surface area contributed by atoms with E-state index in [9.17, 15) is 0 Å². The van der Waals surface area contributed by atoms with Crippen LogP contribution in [0.25, 0.3) is 0 Å². The number of aromatic nitrogens is 2. The molecule has 1 aliphatic heterocycles. The first-order valence-corrected chi connectivity index (χ1v) is 8.36. The second kappa shape index (κ2) is 6.79. The van der Waals surface area contributed by atoms with Gasteiger partial charge in [0, 0.05) is 31.7 Å². The molecule has 1 saturated carbocycles. The molecule has 2 aliphatic rings. The van der Waals surface area contributed by atoms with Crippen molar-refractivity contribution in [2.45, 2.75) is 44.6 Å². The van der Waals surface area contributed by atoms with Gasteiger partial charge in [-0.2, -0.15) is 4.98 Å². The first-order chi connectivity index (χ1) is 10.2. The lowest BCUT2D eigenvalue weighted by molar-refractivity contribution is 0.189. The second-order valence-corrected chi connectivity index (χ2v) is 6.69. The Balaban J connectivity index is 1.46. The normalized spacial score (nSPS) is 21.8. The highest BCUT2D eigenvalue weighted by Crippen LogP contribution is 2.27. The second-order valence-electron chi connectivity index (χ2n) is 6.30. The zero-order chi connectivity index (χ0) is 14.7. The van der Waals surface area contributed by atoms with Crippen LogP contribution in [0, 0.1) is 5.92 Å². The molecular formula is C15H24ClN5. The number of nitrogens with one attached hydrogen (secondary N) is 1. The summed E-state index contributed by atoms with van der Waals surface area (Å²) in [5.41, 5.74) is 5.62. The molecule has 1 aromatic heterocycles. The summed E-state index contributed by atoms with van der Waals surface area (Å²) in [7, 11) is 0. The van der Waals surface area contributed by atoms with E-state index in [0.29, 0.717) is 11.2 Å². The summed E-state index contributed by atoms with van der Waals surface area (Å²) < 4.78 is 0. The maximum atomic E-state index is 5.91. The van der Waals surface area contributed by atoms with E-state index in [1.165, 1.54) is 45.3 Å². The molecular weight excluding hydrogens is 286 g/mol. The van der Waals surface area contributed by atoms with Crippen LogP contribution in [-0.4, -0.2) is 40.5 Å². The molecule has 0 atom stereocenters. The Morgan fingerprint density at radius 3 is 2.57 bits per heavy atom. The van der Waals surface area contributed by atoms with Gasteiger partial charge in [-0.25, -0.2) is 4.98 Å². The minimum Gasteiger partial charge on any atom is -0.368 e. The quantitative estimate of drug-likeness (QED) is 0.837. The molecule has 0 bridgehead atoms. The molecule has 0 spiro atoms. The van der Waals surface area contributed by atoms with Crippen molar-refractivity contribution >= 4 is 23.4 Å². The molecule has 0 radical (unpaired) electrons. The minimum atomic E-state index is 0.226. The predicted octanol–water partition coefficient (Wildman–Crippen LogP) is 2.78. The summed E-state index contributed by atoms with van der Waals surface area (Å²) >= 11 is 5.91. The van der Waals surface area contributed by atoms with Gasteiger partial charge in [-0.15, -0.1) is 0 Å². The summed E-state index contributed by atoms with van der Waals surface area (Å²) in [5.74, 6) is 1.90. The molecule has 1 aliphatic carbocycles. The van der Waals surface area contributed by atoms with Gasteiger partial charge in [0.05, 0.1) is 0 Å². The standard InChI is InChI=1S/C15H24ClN5/c16-13-9-14(20-15(17)19-13)18-12-5-7-21(8-6-12)10-11-3-1-2-4-11/h9,11-12H,1-8,10H2,(H3,17,18,19,20). The van der Waals surface area contributed by atoms with E-state index in [0.717, 1.165) is 24.6 Å². The molecule has 5 nitrogen and oxygen atoms in total. The Morgan fingerprint density at radius 2 is 1.90 bits per heavy atom. The maximum absolute atomic E-state index is 5.91. The van der Waals surface area contributed by atoms with E-state index in [-0.39, 0.29) is 5.95 Å². The van der Waals surface area contributed by atoms with E-state index in [4.69, 9.17) is 17.3 Å². The molecule has 116 valence electrons. The van der Waals surface area contributed by atoms with Crippen LogP contribution in [0.1, 0.15) is 38.5 Å². The summed E-state index contributed by atoms with van der Waals surface area (Å²) in [6.45, 7) is 3.63. The van der Waals surface area contributed by atoms with Crippen molar-refractivity contribution < 1.29 is 0 Å². The Kier molecular flexibility index (Phi) is 4.80. The molecule has 3 rings (SSSR count). The van der Waals surface area contributed by atoms with Gasteiger partial charge in [0.15, 0.2) is 0 Å². The largest absolute Gasteiger partial charge is 0.368 e. The number of likely N-dealkylation sites (tertiary alicyclic amines) is 1. The van der Waals surface area contributed by atoms with Gasteiger partial charge in [0.25, 0.3) is 0 Å². The number of rotatable bonds is 4. The fourth-order valence-electron chi connectivity index (χ4n) is 3.54. The van der Waals surface area contributed by atoms with Crippen LogP contribution in [0.15, 0.2) is 6.07 Å². The molecule has 0 unspecified atom stereocenters. The summed E-state index contributed by atoms with van der Waals surface area (Å²) in [6, 6.07) is 2.19. The fourth-order valence-corrected chi connectivity index (χ4v) is 3.73. The average Bonchev–Trinajstić information content (AvgIpc) is 2.93. The van der Waals surface area contributed by atoms with Gasteiger partial charge < -0.3 is 16.0 Å². The Bertz CT molecular complexity index is 447. The van der Waals surface area contributed by atoms with Crippen molar-refractivity contribution in [1.82, 2.24) is 14.9 Å². The highest BCUT2D eigenvalue weighted by molar-refractivity contribution is 6.29. The van der Waals surface area contributed by atoms with Gasteiger partial charge >= 0.3 is 0 Å². The molecule has 2 fully saturated rings. The SMILES string of the molecule is Nc1nc(Cl)cc(NC2CCN(CC3CCCC3)CC2)n1. The number of hydrogen-bond donors (Lipinski definition) is 2. The number of hydrogen-bond acceptors (Lipinski definition) is 5. The van der Waals surface area contributed by atoms with Crippen LogP contribution >= 0.6 is 11.6 Å². The number of piperidine rings is 1. The third-order valence-corrected chi connectivity index (χ3v) is 4.84. The van der Waals surface area contributed by atoms with E-state index < -0.39 is 0 Å². The number of nitrogen functional groups attached to an aromatic ring is 1. The number of halogens is 1. The van der Waals surface area contributed by atoms with Crippen molar-refractivity contribution in [1.29, 1.82) is 0 Å². The Morgan fingerprint density at radius 1 is 1.19 bits per heavy atom. The maximum Gasteiger partial charge on any atom is 0.223 e. The highest BCUT2D eigenvalue weighted by Gasteiger charge is 2.23. The minimum absolute atomic E-state index is 0.226. The lowest BCUT2D eigenvalue weighted by Gasteiger charge is -2.34. The zero-order valence-corrected chi connectivity index (χ0v) is 13.1. The van der Waals surface area contributed by atoms with Gasteiger partial charge in [0.1, 0.15) is 11.0 Å². The molecule has 2 heterocycles. The van der Waals surface area contributed by atoms with Crippen molar-refractivity contribution in [3.05, 3.63) is 11.2 Å². The predicted molar refractivity (Wildman–Crippen MR) is 86.5 cm³/mol. The molecule has 3 N–H and O–H groups in total. The third-order valence-electron chi connectivity index (χ3n) is 4.64. The van der Waals surface area contributed by atoms with E-state index in [1.807, 2.05) is 0 Å². The van der Waals surface area contributed by atoms with Gasteiger partial charge in [-0.3, -0.25) is 0 Å². The molecule has 1 aromatic rings. The van der Waals surface area contributed by atoms with Crippen molar-refractivity contribution in [2.24, 2.45) is 5.92 Å². The van der Waals surface area contributed by atoms with E-state index in [2.05, 4.69) is 20.2 Å². The molecule has 0 amide bonds. The molecule has 21 heavy (non-hydrogen) atoms. The van der Waals surface area contributed by atoms with Crippen LogP contribution in [-0.2, 0) is 0 Å². The topological polar surface area (TPSA) is 67.1 Å². The number of nitrogens with two attached hydrogens (primary N) is 1. The smallest absolute Gasteiger partial charge is 0.223 e. The average molecular weight is 310 g/mol. The van der Waals surface area contributed by atoms with Crippen LogP contribution in [0.5, 0.6) is 0 Å². The van der Waals surface area contributed by atoms with Crippen molar-refractivity contribution in [3.8, 4) is 0 Å². The zero-order valence-electron chi connectivity index (χ0n) is 12.4. The summed E-state index contributed by atoms with van der Waals surface area (Å²) in [6.07, 6.45) is 8.01. The van der Waals surface area contributed by atoms with E-state index in [1.54, 1.807) is 6.07 Å². The lowest BCUT2D eigenvalue weighted by Crippen LogP contribution is -2.41. The van der Waals surface area contributed by atoms with Crippen LogP contribution in [0.3, 0.4) is 0 Å². The monoisotopic (exact) mass is 309 g/mol. The first-order valence-electron chi connectivity index (χ1n) is 7.98. The Hall–Kier alpha value is -1.07. The number of anilines is 2. The highest BCUT2D eigenvalue weighted by atomic mass is 35.5. The Labute approximate surface area is 131 Å². The lowest BCUT2D eigenvalue weighted by atomic mass is 10.0. The van der Waals surface area contributed by atoms with Crippen LogP contribution in [0.2, 0.25) is 5.15 Å². The number of nitrogens with zero attached hydrogens (tertiary/aromatic N) is 3. The van der Waals surface area contributed by atoms with E-state index >= 15 is 0 Å². The summed E-state index contributed by atoms with van der Waals surface area (Å²) in [4.78, 5) is 10.7. The molecule has 1 saturated heterocycles. The summed E-state index contributed by atoms with van der Waals surface area (Å²) in [5, 5.41) is 3.83. The van der Waals surface area contributed by atoms with Crippen molar-refractivity contribution in [3.63, 3.8) is 0 Å². The third kappa shape index (κ3) is 4.20. The molecule has 0 aromatic carbocycles. The molecule has 6 heteroatoms. The van der Waals surface area contributed by atoms with Crippen molar-refractivity contribution in [2.75, 3.05) is 30.7 Å². The van der Waals surface area contributed by atoms with Gasteiger partial charge in [-0.05, 0) is 31.6 Å². The fraction of sp³-hybridized carbons (Fsp3) is 0.733. The van der Waals surface area contributed by atoms with Crippen LogP contribution in [0.4, 0.5) is 11.8 Å².